The summed E-state index contributed by atoms with van der Waals surface area (Å²) in [6.45, 7) is 4.42. The SMILES string of the molecule is CCCCCCCCC(CCCCCC)C(=O)NNC(=O)c1ccccc1. The first-order valence-electron chi connectivity index (χ1n) is 10.8. The maximum atomic E-state index is 12.6. The lowest BCUT2D eigenvalue weighted by molar-refractivity contribution is -0.126. The first-order chi connectivity index (χ1) is 13.2. The van der Waals surface area contributed by atoms with Crippen LogP contribution in [-0.2, 0) is 4.79 Å². The third kappa shape index (κ3) is 10.8. The number of rotatable bonds is 14. The van der Waals surface area contributed by atoms with Crippen molar-refractivity contribution < 1.29 is 9.59 Å². The highest BCUT2D eigenvalue weighted by Gasteiger charge is 2.18. The van der Waals surface area contributed by atoms with Crippen molar-refractivity contribution in [1.82, 2.24) is 10.9 Å². The summed E-state index contributed by atoms with van der Waals surface area (Å²) >= 11 is 0. The number of amides is 2. The number of carbonyl (C=O) groups excluding carboxylic acids is 2. The third-order valence-corrected chi connectivity index (χ3v) is 5.02. The van der Waals surface area contributed by atoms with Gasteiger partial charge < -0.3 is 0 Å². The summed E-state index contributed by atoms with van der Waals surface area (Å²) < 4.78 is 0. The van der Waals surface area contributed by atoms with Gasteiger partial charge in [-0.2, -0.15) is 0 Å². The predicted molar refractivity (Wildman–Crippen MR) is 112 cm³/mol. The largest absolute Gasteiger partial charge is 0.273 e. The minimum Gasteiger partial charge on any atom is -0.273 e. The van der Waals surface area contributed by atoms with E-state index in [4.69, 9.17) is 0 Å². The zero-order chi connectivity index (χ0) is 19.7. The first-order valence-corrected chi connectivity index (χ1v) is 10.8. The third-order valence-electron chi connectivity index (χ3n) is 5.02. The van der Waals surface area contributed by atoms with E-state index in [2.05, 4.69) is 24.7 Å². The molecule has 0 fully saturated rings. The molecule has 0 aliphatic heterocycles. The molecule has 1 atom stereocenters. The molecule has 0 radical (unpaired) electrons. The van der Waals surface area contributed by atoms with Crippen LogP contribution in [0.3, 0.4) is 0 Å². The molecular formula is C23H38N2O2. The number of hydrogen-bond acceptors (Lipinski definition) is 2. The van der Waals surface area contributed by atoms with Crippen LogP contribution in [0.5, 0.6) is 0 Å². The molecule has 0 bridgehead atoms. The van der Waals surface area contributed by atoms with Crippen molar-refractivity contribution in [2.45, 2.75) is 90.9 Å². The van der Waals surface area contributed by atoms with Gasteiger partial charge in [-0.25, -0.2) is 0 Å². The van der Waals surface area contributed by atoms with Crippen LogP contribution in [0.4, 0.5) is 0 Å². The molecule has 4 heteroatoms. The van der Waals surface area contributed by atoms with E-state index < -0.39 is 0 Å². The number of unbranched alkanes of at least 4 members (excludes halogenated alkanes) is 8. The molecule has 1 unspecified atom stereocenters. The van der Waals surface area contributed by atoms with Crippen LogP contribution < -0.4 is 10.9 Å². The Morgan fingerprint density at radius 2 is 1.26 bits per heavy atom. The van der Waals surface area contributed by atoms with Crippen LogP contribution in [0.1, 0.15) is 101 Å². The highest BCUT2D eigenvalue weighted by atomic mass is 16.2. The number of hydrazine groups is 1. The predicted octanol–water partition coefficient (Wildman–Crippen LogP) is 5.78. The Labute approximate surface area is 165 Å². The lowest BCUT2D eigenvalue weighted by atomic mass is 9.93. The van der Waals surface area contributed by atoms with Crippen LogP contribution >= 0.6 is 0 Å². The lowest BCUT2D eigenvalue weighted by Crippen LogP contribution is -2.44. The summed E-state index contributed by atoms with van der Waals surface area (Å²) in [5, 5.41) is 0. The zero-order valence-electron chi connectivity index (χ0n) is 17.3. The first kappa shape index (κ1) is 23.2. The van der Waals surface area contributed by atoms with E-state index in [1.54, 1.807) is 12.1 Å². The van der Waals surface area contributed by atoms with Crippen LogP contribution in [0.2, 0.25) is 0 Å². The summed E-state index contributed by atoms with van der Waals surface area (Å²) in [7, 11) is 0. The Hall–Kier alpha value is -1.84. The van der Waals surface area contributed by atoms with Gasteiger partial charge in [-0.3, -0.25) is 20.4 Å². The Morgan fingerprint density at radius 1 is 0.741 bits per heavy atom. The molecule has 0 saturated carbocycles. The molecule has 1 rings (SSSR count). The number of hydrogen-bond donors (Lipinski definition) is 2. The maximum absolute atomic E-state index is 12.6. The van der Waals surface area contributed by atoms with Gasteiger partial charge in [0, 0.05) is 11.5 Å². The van der Waals surface area contributed by atoms with E-state index in [1.165, 1.54) is 51.4 Å². The Morgan fingerprint density at radius 3 is 1.85 bits per heavy atom. The van der Waals surface area contributed by atoms with Crippen molar-refractivity contribution in [2.24, 2.45) is 5.92 Å². The molecule has 0 heterocycles. The van der Waals surface area contributed by atoms with Crippen LogP contribution in [0.25, 0.3) is 0 Å². The van der Waals surface area contributed by atoms with Crippen LogP contribution in [-0.4, -0.2) is 11.8 Å². The van der Waals surface area contributed by atoms with E-state index in [-0.39, 0.29) is 17.7 Å². The standard InChI is InChI=1S/C23H38N2O2/c1-3-5-7-9-10-13-17-20(16-12-8-6-4-2)22(26)24-25-23(27)21-18-14-11-15-19-21/h11,14-15,18-20H,3-10,12-13,16-17H2,1-2H3,(H,24,26)(H,25,27). The summed E-state index contributed by atoms with van der Waals surface area (Å²) in [6, 6.07) is 8.96. The zero-order valence-corrected chi connectivity index (χ0v) is 17.3. The Bertz CT molecular complexity index is 516. The topological polar surface area (TPSA) is 58.2 Å². The van der Waals surface area contributed by atoms with Crippen molar-refractivity contribution in [3.63, 3.8) is 0 Å². The summed E-state index contributed by atoms with van der Waals surface area (Å²) in [6.07, 6.45) is 13.8. The fraction of sp³-hybridized carbons (Fsp3) is 0.652. The second-order valence-corrected chi connectivity index (χ2v) is 7.41. The summed E-state index contributed by atoms with van der Waals surface area (Å²) in [4.78, 5) is 24.7. The molecule has 152 valence electrons. The molecule has 0 spiro atoms. The van der Waals surface area contributed by atoms with Gasteiger partial charge in [0.1, 0.15) is 0 Å². The highest BCUT2D eigenvalue weighted by molar-refractivity contribution is 5.95. The average Bonchev–Trinajstić information content (AvgIpc) is 2.70. The van der Waals surface area contributed by atoms with Gasteiger partial charge in [0.05, 0.1) is 0 Å². The normalized spacial score (nSPS) is 11.8. The van der Waals surface area contributed by atoms with E-state index in [0.717, 1.165) is 25.7 Å². The van der Waals surface area contributed by atoms with Crippen molar-refractivity contribution in [3.05, 3.63) is 35.9 Å². The van der Waals surface area contributed by atoms with Gasteiger partial charge in [0.2, 0.25) is 5.91 Å². The Balaban J connectivity index is 2.41. The van der Waals surface area contributed by atoms with Crippen molar-refractivity contribution >= 4 is 11.8 Å². The van der Waals surface area contributed by atoms with Gasteiger partial charge in [0.15, 0.2) is 0 Å². The molecular weight excluding hydrogens is 336 g/mol. The number of carbonyl (C=O) groups is 2. The molecule has 4 nitrogen and oxygen atoms in total. The summed E-state index contributed by atoms with van der Waals surface area (Å²) in [5.41, 5.74) is 5.75. The van der Waals surface area contributed by atoms with Crippen molar-refractivity contribution in [3.8, 4) is 0 Å². The van der Waals surface area contributed by atoms with Gasteiger partial charge in [-0.05, 0) is 25.0 Å². The van der Waals surface area contributed by atoms with Crippen molar-refractivity contribution in [1.29, 1.82) is 0 Å². The molecule has 0 aliphatic rings. The lowest BCUT2D eigenvalue weighted by Gasteiger charge is -2.17. The number of nitrogens with one attached hydrogen (secondary N) is 2. The second-order valence-electron chi connectivity index (χ2n) is 7.41. The van der Waals surface area contributed by atoms with E-state index >= 15 is 0 Å². The fourth-order valence-corrected chi connectivity index (χ4v) is 3.28. The molecule has 27 heavy (non-hydrogen) atoms. The highest BCUT2D eigenvalue weighted by Crippen LogP contribution is 2.19. The maximum Gasteiger partial charge on any atom is 0.269 e. The molecule has 0 aromatic heterocycles. The van der Waals surface area contributed by atoms with Crippen LogP contribution in [0, 0.1) is 5.92 Å². The summed E-state index contributed by atoms with van der Waals surface area (Å²) in [5.74, 6) is -0.332. The Kier molecular flexibility index (Phi) is 13.1. The monoisotopic (exact) mass is 374 g/mol. The molecule has 1 aromatic rings. The van der Waals surface area contributed by atoms with Crippen molar-refractivity contribution in [2.75, 3.05) is 0 Å². The molecule has 0 saturated heterocycles. The van der Waals surface area contributed by atoms with Gasteiger partial charge >= 0.3 is 0 Å². The molecule has 1 aromatic carbocycles. The van der Waals surface area contributed by atoms with E-state index in [9.17, 15) is 9.59 Å². The molecule has 2 N–H and O–H groups in total. The quantitative estimate of drug-likeness (QED) is 0.320. The van der Waals surface area contributed by atoms with Gasteiger partial charge in [0.25, 0.3) is 5.91 Å². The second kappa shape index (κ2) is 15.2. The minimum atomic E-state index is -0.270. The number of benzene rings is 1. The average molecular weight is 375 g/mol. The molecule has 0 aliphatic carbocycles. The van der Waals surface area contributed by atoms with Gasteiger partial charge in [-0.15, -0.1) is 0 Å². The van der Waals surface area contributed by atoms with E-state index in [1.807, 2.05) is 18.2 Å². The smallest absolute Gasteiger partial charge is 0.269 e. The van der Waals surface area contributed by atoms with Crippen LogP contribution in [0.15, 0.2) is 30.3 Å². The molecule has 2 amide bonds. The minimum absolute atomic E-state index is 0.0101. The van der Waals surface area contributed by atoms with Gasteiger partial charge in [-0.1, -0.05) is 96.3 Å². The van der Waals surface area contributed by atoms with E-state index in [0.29, 0.717) is 5.56 Å². The fourth-order valence-electron chi connectivity index (χ4n) is 3.28.